The molecule has 0 aliphatic rings. The summed E-state index contributed by atoms with van der Waals surface area (Å²) in [4.78, 5) is 12.3. The van der Waals surface area contributed by atoms with Crippen LogP contribution in [0.2, 0.25) is 0 Å². The maximum absolute atomic E-state index is 13.4. The highest BCUT2D eigenvalue weighted by Gasteiger charge is 2.20. The van der Waals surface area contributed by atoms with Crippen molar-refractivity contribution in [3.63, 3.8) is 0 Å². The zero-order valence-electron chi connectivity index (χ0n) is 8.76. The van der Waals surface area contributed by atoms with E-state index in [0.717, 1.165) is 21.5 Å². The van der Waals surface area contributed by atoms with Crippen LogP contribution >= 0.6 is 27.3 Å². The van der Waals surface area contributed by atoms with Crippen LogP contribution in [-0.4, -0.2) is 5.78 Å². The zero-order valence-corrected chi connectivity index (χ0v) is 11.2. The third kappa shape index (κ3) is 2.30. The second-order valence-corrected chi connectivity index (χ2v) is 5.86. The Morgan fingerprint density at radius 1 is 1.29 bits per heavy atom. The number of aryl methyl sites for hydroxylation is 1. The Hall–Kier alpha value is -1.07. The largest absolute Gasteiger partial charge is 0.287 e. The van der Waals surface area contributed by atoms with E-state index in [-0.39, 0.29) is 0 Å². The van der Waals surface area contributed by atoms with E-state index >= 15 is 0 Å². The Labute approximate surface area is 109 Å². The van der Waals surface area contributed by atoms with Gasteiger partial charge in [-0.2, -0.15) is 0 Å². The predicted molar refractivity (Wildman–Crippen MR) is 66.5 cm³/mol. The Morgan fingerprint density at radius 3 is 2.35 bits per heavy atom. The predicted octanol–water partition coefficient (Wildman–Crippen LogP) is 4.33. The topological polar surface area (TPSA) is 17.1 Å². The maximum Gasteiger partial charge on any atom is 0.208 e. The summed E-state index contributed by atoms with van der Waals surface area (Å²) in [6, 6.07) is 5.00. The van der Waals surface area contributed by atoms with Gasteiger partial charge < -0.3 is 0 Å². The van der Waals surface area contributed by atoms with Gasteiger partial charge in [-0.05, 0) is 46.6 Å². The Kier molecular flexibility index (Phi) is 3.40. The Bertz CT molecular complexity index is 552. The fraction of sp³-hybridized carbons (Fsp3) is 0.0833. The standard InChI is InChI=1S/C12H7BrF2OS/c1-6-5-9(17-12(6)13)11(16)10-7(14)3-2-4-8(10)15/h2-5H,1H3. The fourth-order valence-electron chi connectivity index (χ4n) is 1.41. The molecule has 0 bridgehead atoms. The van der Waals surface area contributed by atoms with Gasteiger partial charge in [0.25, 0.3) is 0 Å². The summed E-state index contributed by atoms with van der Waals surface area (Å²) in [5, 5.41) is 0. The molecule has 0 aliphatic carbocycles. The number of halogens is 3. The SMILES string of the molecule is Cc1cc(C(=O)c2c(F)cccc2F)sc1Br. The van der Waals surface area contributed by atoms with E-state index in [2.05, 4.69) is 15.9 Å². The molecule has 0 N–H and O–H groups in total. The molecule has 0 amide bonds. The summed E-state index contributed by atoms with van der Waals surface area (Å²) in [5.41, 5.74) is 0.372. The van der Waals surface area contributed by atoms with Crippen molar-refractivity contribution in [2.45, 2.75) is 6.92 Å². The molecule has 1 aromatic heterocycles. The first-order chi connectivity index (χ1) is 8.00. The van der Waals surface area contributed by atoms with Crippen molar-refractivity contribution in [3.05, 3.63) is 55.7 Å². The molecule has 0 spiro atoms. The number of benzene rings is 1. The monoisotopic (exact) mass is 316 g/mol. The van der Waals surface area contributed by atoms with Gasteiger partial charge in [-0.15, -0.1) is 11.3 Å². The van der Waals surface area contributed by atoms with Crippen LogP contribution in [0, 0.1) is 18.6 Å². The van der Waals surface area contributed by atoms with Crippen molar-refractivity contribution in [2.24, 2.45) is 0 Å². The van der Waals surface area contributed by atoms with Gasteiger partial charge in [-0.1, -0.05) is 6.07 Å². The second kappa shape index (κ2) is 4.66. The molecule has 2 aromatic rings. The van der Waals surface area contributed by atoms with Crippen LogP contribution in [0.5, 0.6) is 0 Å². The normalized spacial score (nSPS) is 10.6. The molecule has 0 saturated carbocycles. The first kappa shape index (κ1) is 12.4. The van der Waals surface area contributed by atoms with E-state index in [1.54, 1.807) is 6.07 Å². The van der Waals surface area contributed by atoms with Gasteiger partial charge in [0.05, 0.1) is 14.2 Å². The highest BCUT2D eigenvalue weighted by Crippen LogP contribution is 2.30. The van der Waals surface area contributed by atoms with Gasteiger partial charge in [0.2, 0.25) is 5.78 Å². The van der Waals surface area contributed by atoms with Crippen LogP contribution < -0.4 is 0 Å². The Balaban J connectivity index is 2.51. The van der Waals surface area contributed by atoms with Crippen molar-refractivity contribution in [2.75, 3.05) is 0 Å². The summed E-state index contributed by atoms with van der Waals surface area (Å²) < 4.78 is 27.6. The van der Waals surface area contributed by atoms with E-state index in [4.69, 9.17) is 0 Å². The van der Waals surface area contributed by atoms with Crippen LogP contribution in [0.15, 0.2) is 28.1 Å². The lowest BCUT2D eigenvalue weighted by atomic mass is 10.1. The number of rotatable bonds is 2. The maximum atomic E-state index is 13.4. The molecule has 0 fully saturated rings. The highest BCUT2D eigenvalue weighted by atomic mass is 79.9. The van der Waals surface area contributed by atoms with Crippen molar-refractivity contribution in [1.29, 1.82) is 0 Å². The van der Waals surface area contributed by atoms with E-state index < -0.39 is 23.0 Å². The summed E-state index contributed by atoms with van der Waals surface area (Å²) in [6.45, 7) is 1.81. The lowest BCUT2D eigenvalue weighted by Gasteiger charge is -2.01. The molecule has 17 heavy (non-hydrogen) atoms. The molecule has 1 aromatic carbocycles. The summed E-state index contributed by atoms with van der Waals surface area (Å²) in [6.07, 6.45) is 0. The third-order valence-electron chi connectivity index (χ3n) is 2.27. The molecule has 1 heterocycles. The summed E-state index contributed by atoms with van der Waals surface area (Å²) in [5.74, 6) is -2.30. The van der Waals surface area contributed by atoms with Gasteiger partial charge in [-0.25, -0.2) is 8.78 Å². The van der Waals surface area contributed by atoms with Gasteiger partial charge >= 0.3 is 0 Å². The Morgan fingerprint density at radius 2 is 1.88 bits per heavy atom. The molecule has 1 nitrogen and oxygen atoms in total. The van der Waals surface area contributed by atoms with Crippen molar-refractivity contribution in [3.8, 4) is 0 Å². The highest BCUT2D eigenvalue weighted by molar-refractivity contribution is 9.11. The van der Waals surface area contributed by atoms with Crippen molar-refractivity contribution in [1.82, 2.24) is 0 Å². The zero-order chi connectivity index (χ0) is 12.6. The van der Waals surface area contributed by atoms with Crippen LogP contribution in [0.25, 0.3) is 0 Å². The lowest BCUT2D eigenvalue weighted by Crippen LogP contribution is -2.05. The first-order valence-electron chi connectivity index (χ1n) is 4.75. The molecule has 2 rings (SSSR count). The third-order valence-corrected chi connectivity index (χ3v) is 4.41. The summed E-state index contributed by atoms with van der Waals surface area (Å²) in [7, 11) is 0. The van der Waals surface area contributed by atoms with Gasteiger partial charge in [0, 0.05) is 0 Å². The van der Waals surface area contributed by atoms with Gasteiger partial charge in [-0.3, -0.25) is 4.79 Å². The minimum atomic E-state index is -0.836. The van der Waals surface area contributed by atoms with Crippen LogP contribution in [-0.2, 0) is 0 Å². The van der Waals surface area contributed by atoms with Crippen LogP contribution in [0.1, 0.15) is 20.8 Å². The molecule has 0 unspecified atom stereocenters. The average Bonchev–Trinajstić information content (AvgIpc) is 2.59. The molecule has 0 radical (unpaired) electrons. The fourth-order valence-corrected chi connectivity index (χ4v) is 2.89. The molecule has 0 saturated heterocycles. The van der Waals surface area contributed by atoms with E-state index in [1.807, 2.05) is 6.92 Å². The second-order valence-electron chi connectivity index (χ2n) is 3.49. The first-order valence-corrected chi connectivity index (χ1v) is 6.36. The molecule has 0 aliphatic heterocycles. The molecular weight excluding hydrogens is 310 g/mol. The van der Waals surface area contributed by atoms with Crippen molar-refractivity contribution >= 4 is 33.0 Å². The molecular formula is C12H7BrF2OS. The van der Waals surface area contributed by atoms with Crippen LogP contribution in [0.4, 0.5) is 8.78 Å². The van der Waals surface area contributed by atoms with Crippen molar-refractivity contribution < 1.29 is 13.6 Å². The molecule has 88 valence electrons. The minimum Gasteiger partial charge on any atom is -0.287 e. The number of hydrogen-bond donors (Lipinski definition) is 0. The van der Waals surface area contributed by atoms with E-state index in [0.29, 0.717) is 4.88 Å². The van der Waals surface area contributed by atoms with Crippen LogP contribution in [0.3, 0.4) is 0 Å². The summed E-state index contributed by atoms with van der Waals surface area (Å²) >= 11 is 4.44. The molecule has 0 atom stereocenters. The number of carbonyl (C=O) groups excluding carboxylic acids is 1. The lowest BCUT2D eigenvalue weighted by molar-refractivity contribution is 0.103. The van der Waals surface area contributed by atoms with E-state index in [1.165, 1.54) is 17.4 Å². The van der Waals surface area contributed by atoms with Gasteiger partial charge in [0.15, 0.2) is 0 Å². The number of thiophene rings is 1. The minimum absolute atomic E-state index is 0.318. The molecule has 5 heteroatoms. The number of carbonyl (C=O) groups is 1. The smallest absolute Gasteiger partial charge is 0.208 e. The quantitative estimate of drug-likeness (QED) is 0.754. The number of hydrogen-bond acceptors (Lipinski definition) is 2. The van der Waals surface area contributed by atoms with E-state index in [9.17, 15) is 13.6 Å². The average molecular weight is 317 g/mol. The number of ketones is 1. The van der Waals surface area contributed by atoms with Gasteiger partial charge in [0.1, 0.15) is 11.6 Å².